The zero-order valence-electron chi connectivity index (χ0n) is 11.1. The lowest BCUT2D eigenvalue weighted by Gasteiger charge is -2.26. The van der Waals surface area contributed by atoms with Crippen molar-refractivity contribution in [2.24, 2.45) is 5.92 Å². The van der Waals surface area contributed by atoms with Crippen LogP contribution in [0.1, 0.15) is 31.2 Å². The van der Waals surface area contributed by atoms with E-state index < -0.39 is 5.97 Å². The molecular weight excluding hydrogens is 260 g/mol. The van der Waals surface area contributed by atoms with Crippen LogP contribution in [-0.2, 0) is 11.3 Å². The number of aliphatic carboxylic acids is 1. The summed E-state index contributed by atoms with van der Waals surface area (Å²) in [5, 5.41) is 23.1. The van der Waals surface area contributed by atoms with E-state index in [2.05, 4.69) is 5.32 Å². The maximum atomic E-state index is 10.9. The molecule has 0 bridgehead atoms. The first-order valence-electron chi connectivity index (χ1n) is 6.76. The van der Waals surface area contributed by atoms with Gasteiger partial charge in [-0.25, -0.2) is 0 Å². The van der Waals surface area contributed by atoms with E-state index in [-0.39, 0.29) is 22.6 Å². The fourth-order valence-electron chi connectivity index (χ4n) is 2.64. The minimum atomic E-state index is -0.720. The van der Waals surface area contributed by atoms with Gasteiger partial charge in [-0.2, -0.15) is 0 Å². The van der Waals surface area contributed by atoms with Crippen molar-refractivity contribution < 1.29 is 14.8 Å². The highest BCUT2D eigenvalue weighted by atomic mass is 16.6. The lowest BCUT2D eigenvalue weighted by Crippen LogP contribution is -2.34. The normalized spacial score (nSPS) is 22.4. The van der Waals surface area contributed by atoms with Gasteiger partial charge in [0.1, 0.15) is 0 Å². The third-order valence-electron chi connectivity index (χ3n) is 3.85. The van der Waals surface area contributed by atoms with Gasteiger partial charge in [0.25, 0.3) is 5.69 Å². The summed E-state index contributed by atoms with van der Waals surface area (Å²) in [7, 11) is 0. The Morgan fingerprint density at radius 3 is 2.55 bits per heavy atom. The SMILES string of the molecule is O=C(O)C1CCC(NCc2ccccc2[N+](=O)[O-])CC1. The van der Waals surface area contributed by atoms with Crippen LogP contribution >= 0.6 is 0 Å². The van der Waals surface area contributed by atoms with Crippen LogP contribution in [-0.4, -0.2) is 22.0 Å². The summed E-state index contributed by atoms with van der Waals surface area (Å²) in [6, 6.07) is 6.92. The molecule has 0 spiro atoms. The predicted octanol–water partition coefficient (Wildman–Crippen LogP) is 2.33. The van der Waals surface area contributed by atoms with Crippen molar-refractivity contribution in [3.05, 3.63) is 39.9 Å². The van der Waals surface area contributed by atoms with E-state index in [9.17, 15) is 14.9 Å². The Labute approximate surface area is 117 Å². The van der Waals surface area contributed by atoms with E-state index in [1.807, 2.05) is 0 Å². The third-order valence-corrected chi connectivity index (χ3v) is 3.85. The molecule has 0 unspecified atom stereocenters. The van der Waals surface area contributed by atoms with Gasteiger partial charge in [0.05, 0.1) is 10.8 Å². The molecule has 2 N–H and O–H groups in total. The zero-order chi connectivity index (χ0) is 14.5. The molecule has 0 amide bonds. The molecule has 1 aliphatic rings. The van der Waals surface area contributed by atoms with E-state index in [0.29, 0.717) is 24.9 Å². The van der Waals surface area contributed by atoms with Crippen molar-refractivity contribution in [3.8, 4) is 0 Å². The summed E-state index contributed by atoms with van der Waals surface area (Å²) in [6.45, 7) is 0.444. The first-order chi connectivity index (χ1) is 9.58. The number of benzene rings is 1. The number of carboxylic acids is 1. The maximum absolute atomic E-state index is 10.9. The molecule has 6 nitrogen and oxygen atoms in total. The van der Waals surface area contributed by atoms with Crippen LogP contribution in [0.4, 0.5) is 5.69 Å². The van der Waals surface area contributed by atoms with Gasteiger partial charge >= 0.3 is 5.97 Å². The third kappa shape index (κ3) is 3.54. The second-order valence-electron chi connectivity index (χ2n) is 5.15. The van der Waals surface area contributed by atoms with Gasteiger partial charge in [-0.1, -0.05) is 18.2 Å². The van der Waals surface area contributed by atoms with Gasteiger partial charge in [-0.05, 0) is 25.7 Å². The van der Waals surface area contributed by atoms with Crippen LogP contribution in [0, 0.1) is 16.0 Å². The highest BCUT2D eigenvalue weighted by Crippen LogP contribution is 2.25. The highest BCUT2D eigenvalue weighted by molar-refractivity contribution is 5.70. The largest absolute Gasteiger partial charge is 0.481 e. The van der Waals surface area contributed by atoms with Crippen LogP contribution in [0.3, 0.4) is 0 Å². The van der Waals surface area contributed by atoms with Gasteiger partial charge < -0.3 is 10.4 Å². The maximum Gasteiger partial charge on any atom is 0.306 e. The van der Waals surface area contributed by atoms with E-state index in [1.54, 1.807) is 18.2 Å². The Balaban J connectivity index is 1.88. The van der Waals surface area contributed by atoms with Crippen molar-refractivity contribution in [2.45, 2.75) is 38.3 Å². The van der Waals surface area contributed by atoms with Crippen LogP contribution in [0.25, 0.3) is 0 Å². The molecule has 0 heterocycles. The fraction of sp³-hybridized carbons (Fsp3) is 0.500. The van der Waals surface area contributed by atoms with Gasteiger partial charge in [0.15, 0.2) is 0 Å². The number of carboxylic acid groups (broad SMARTS) is 1. The van der Waals surface area contributed by atoms with Gasteiger partial charge in [-0.15, -0.1) is 0 Å². The Kier molecular flexibility index (Phi) is 4.68. The average molecular weight is 278 g/mol. The van der Waals surface area contributed by atoms with E-state index in [1.165, 1.54) is 6.07 Å². The zero-order valence-corrected chi connectivity index (χ0v) is 11.1. The number of hydrogen-bond acceptors (Lipinski definition) is 4. The van der Waals surface area contributed by atoms with Crippen molar-refractivity contribution in [1.82, 2.24) is 5.32 Å². The number of nitrogens with zero attached hydrogens (tertiary/aromatic N) is 1. The highest BCUT2D eigenvalue weighted by Gasteiger charge is 2.25. The number of nitro groups is 1. The number of para-hydroxylation sites is 1. The average Bonchev–Trinajstić information content (AvgIpc) is 2.45. The molecule has 0 radical (unpaired) electrons. The van der Waals surface area contributed by atoms with Gasteiger partial charge in [-0.3, -0.25) is 14.9 Å². The monoisotopic (exact) mass is 278 g/mol. The molecule has 1 fully saturated rings. The topological polar surface area (TPSA) is 92.5 Å². The quantitative estimate of drug-likeness (QED) is 0.637. The lowest BCUT2D eigenvalue weighted by molar-refractivity contribution is -0.385. The van der Waals surface area contributed by atoms with Crippen molar-refractivity contribution in [2.75, 3.05) is 0 Å². The lowest BCUT2D eigenvalue weighted by atomic mass is 9.86. The number of carbonyl (C=O) groups is 1. The summed E-state index contributed by atoms with van der Waals surface area (Å²) in [5.41, 5.74) is 0.789. The minimum absolute atomic E-state index is 0.124. The molecule has 108 valence electrons. The summed E-state index contributed by atoms with van der Waals surface area (Å²) >= 11 is 0. The van der Waals surface area contributed by atoms with Crippen LogP contribution in [0.2, 0.25) is 0 Å². The molecule has 1 aromatic carbocycles. The Hall–Kier alpha value is -1.95. The molecule has 0 aliphatic heterocycles. The molecular formula is C14H18N2O4. The molecule has 1 aromatic rings. The van der Waals surface area contributed by atoms with Crippen molar-refractivity contribution in [3.63, 3.8) is 0 Å². The summed E-state index contributed by atoms with van der Waals surface area (Å²) in [5.74, 6) is -0.957. The molecule has 0 atom stereocenters. The number of nitrogens with one attached hydrogen (secondary N) is 1. The second-order valence-corrected chi connectivity index (χ2v) is 5.15. The predicted molar refractivity (Wildman–Crippen MR) is 73.3 cm³/mol. The summed E-state index contributed by atoms with van der Waals surface area (Å²) in [4.78, 5) is 21.4. The van der Waals surface area contributed by atoms with Crippen LogP contribution in [0.15, 0.2) is 24.3 Å². The standard InChI is InChI=1S/C14H18N2O4/c17-14(18)10-5-7-12(8-6-10)15-9-11-3-1-2-4-13(11)16(19)20/h1-4,10,12,15H,5-9H2,(H,17,18). The summed E-state index contributed by atoms with van der Waals surface area (Å²) < 4.78 is 0. The fourth-order valence-corrected chi connectivity index (χ4v) is 2.64. The molecule has 20 heavy (non-hydrogen) atoms. The molecule has 1 aliphatic carbocycles. The first-order valence-corrected chi connectivity index (χ1v) is 6.76. The van der Waals surface area contributed by atoms with E-state index in [4.69, 9.17) is 5.11 Å². The van der Waals surface area contributed by atoms with Crippen LogP contribution < -0.4 is 5.32 Å². The number of rotatable bonds is 5. The van der Waals surface area contributed by atoms with Crippen molar-refractivity contribution in [1.29, 1.82) is 0 Å². The smallest absolute Gasteiger partial charge is 0.306 e. The number of nitro benzene ring substituents is 1. The molecule has 1 saturated carbocycles. The molecule has 2 rings (SSSR count). The second kappa shape index (κ2) is 6.47. The molecule has 6 heteroatoms. The van der Waals surface area contributed by atoms with E-state index in [0.717, 1.165) is 12.8 Å². The Morgan fingerprint density at radius 1 is 1.30 bits per heavy atom. The van der Waals surface area contributed by atoms with E-state index >= 15 is 0 Å². The number of hydrogen-bond donors (Lipinski definition) is 2. The first kappa shape index (κ1) is 14.5. The Bertz CT molecular complexity index is 496. The molecule has 0 aromatic heterocycles. The molecule has 0 saturated heterocycles. The van der Waals surface area contributed by atoms with Crippen LogP contribution in [0.5, 0.6) is 0 Å². The van der Waals surface area contributed by atoms with Gasteiger partial charge in [0.2, 0.25) is 0 Å². The minimum Gasteiger partial charge on any atom is -0.481 e. The van der Waals surface area contributed by atoms with Gasteiger partial charge in [0, 0.05) is 24.2 Å². The Morgan fingerprint density at radius 2 is 1.95 bits per heavy atom. The van der Waals surface area contributed by atoms with Crippen molar-refractivity contribution >= 4 is 11.7 Å². The summed E-state index contributed by atoms with van der Waals surface area (Å²) in [6.07, 6.45) is 2.95.